The first kappa shape index (κ1) is 16.6. The first-order valence-corrected chi connectivity index (χ1v) is 5.70. The quantitative estimate of drug-likeness (QED) is 0.870. The van der Waals surface area contributed by atoms with Gasteiger partial charge in [-0.2, -0.15) is 8.78 Å². The number of nitrogens with two attached hydrogens (primary N) is 1. The predicted molar refractivity (Wildman–Crippen MR) is 65.1 cm³/mol. The number of hydrogen-bond acceptors (Lipinski definition) is 4. The lowest BCUT2D eigenvalue weighted by Gasteiger charge is -2.20. The van der Waals surface area contributed by atoms with E-state index in [9.17, 15) is 13.6 Å². The third kappa shape index (κ3) is 3.51. The predicted octanol–water partition coefficient (Wildman–Crippen LogP) is 3.02. The van der Waals surface area contributed by atoms with Crippen LogP contribution in [0.1, 0.15) is 17.8 Å². The summed E-state index contributed by atoms with van der Waals surface area (Å²) in [6, 6.07) is -0.332. The summed E-state index contributed by atoms with van der Waals surface area (Å²) in [5, 5.41) is 1.65. The van der Waals surface area contributed by atoms with Gasteiger partial charge in [-0.15, -0.1) is 23.7 Å². The molecule has 8 heteroatoms. The summed E-state index contributed by atoms with van der Waals surface area (Å²) in [5.74, 6) is -5.41. The zero-order chi connectivity index (χ0) is 12.3. The van der Waals surface area contributed by atoms with Crippen molar-refractivity contribution in [2.75, 3.05) is 6.61 Å². The summed E-state index contributed by atoms with van der Waals surface area (Å²) >= 11 is 6.64. The maximum Gasteiger partial charge on any atom is 0.379 e. The molecular formula is C9H11Cl2F2NO2S. The van der Waals surface area contributed by atoms with Crippen LogP contribution >= 0.6 is 35.3 Å². The number of esters is 1. The summed E-state index contributed by atoms with van der Waals surface area (Å²) in [6.45, 7) is 1.32. The molecule has 0 radical (unpaired) electrons. The van der Waals surface area contributed by atoms with Gasteiger partial charge in [-0.25, -0.2) is 4.79 Å². The van der Waals surface area contributed by atoms with Gasteiger partial charge in [0.1, 0.15) is 6.04 Å². The minimum Gasteiger partial charge on any atom is -0.462 e. The molecule has 2 N–H and O–H groups in total. The van der Waals surface area contributed by atoms with E-state index in [1.165, 1.54) is 18.4 Å². The van der Waals surface area contributed by atoms with Gasteiger partial charge in [0.05, 0.1) is 11.6 Å². The number of hydrogen-bond donors (Lipinski definition) is 1. The average molecular weight is 306 g/mol. The smallest absolute Gasteiger partial charge is 0.379 e. The Kier molecular flexibility index (Phi) is 6.32. The number of rotatable bonds is 4. The van der Waals surface area contributed by atoms with Gasteiger partial charge in [0.2, 0.25) is 0 Å². The lowest BCUT2D eigenvalue weighted by molar-refractivity contribution is -0.174. The molecule has 17 heavy (non-hydrogen) atoms. The second-order valence-electron chi connectivity index (χ2n) is 2.95. The minimum atomic E-state index is -3.77. The van der Waals surface area contributed by atoms with Gasteiger partial charge in [-0.3, -0.25) is 0 Å². The van der Waals surface area contributed by atoms with Crippen molar-refractivity contribution in [1.29, 1.82) is 0 Å². The van der Waals surface area contributed by atoms with Crippen LogP contribution in [0.2, 0.25) is 5.02 Å². The van der Waals surface area contributed by atoms with E-state index >= 15 is 0 Å². The van der Waals surface area contributed by atoms with Crippen LogP contribution in [0.25, 0.3) is 0 Å². The summed E-state index contributed by atoms with van der Waals surface area (Å²) in [7, 11) is 0. The molecule has 0 aliphatic rings. The van der Waals surface area contributed by atoms with Crippen molar-refractivity contribution in [3.8, 4) is 0 Å². The van der Waals surface area contributed by atoms with Crippen LogP contribution in [0.15, 0.2) is 11.4 Å². The minimum absolute atomic E-state index is 0. The monoisotopic (exact) mass is 305 g/mol. The summed E-state index contributed by atoms with van der Waals surface area (Å²) in [6.07, 6.45) is 0. The molecule has 1 aromatic heterocycles. The zero-order valence-electron chi connectivity index (χ0n) is 8.78. The first-order valence-electron chi connectivity index (χ1n) is 4.44. The number of halogens is 4. The second kappa shape index (κ2) is 6.49. The molecule has 0 aliphatic carbocycles. The van der Waals surface area contributed by atoms with E-state index in [4.69, 9.17) is 17.3 Å². The van der Waals surface area contributed by atoms with Crippen LogP contribution in [-0.4, -0.2) is 18.5 Å². The number of alkyl halides is 2. The summed E-state index contributed by atoms with van der Waals surface area (Å²) in [5.41, 5.74) is 5.32. The maximum absolute atomic E-state index is 13.5. The summed E-state index contributed by atoms with van der Waals surface area (Å²) in [4.78, 5) is 11.1. The van der Waals surface area contributed by atoms with Gasteiger partial charge >= 0.3 is 11.9 Å². The van der Waals surface area contributed by atoms with E-state index < -0.39 is 17.9 Å². The second-order valence-corrected chi connectivity index (χ2v) is 4.31. The highest BCUT2D eigenvalue weighted by Crippen LogP contribution is 2.37. The summed E-state index contributed by atoms with van der Waals surface area (Å²) < 4.78 is 31.2. The van der Waals surface area contributed by atoms with Gasteiger partial charge in [-0.05, 0) is 18.4 Å². The van der Waals surface area contributed by atoms with Crippen LogP contribution in [0.3, 0.4) is 0 Å². The standard InChI is InChI=1S/C9H10ClF2NO2S.ClH/c1-2-15-8(14)9(11,12)7(13)6-5(10)3-4-16-6;/h3-4,7H,2,13H2,1H3;1H/t7-;/m1./s1. The molecule has 0 saturated carbocycles. The molecule has 0 unspecified atom stereocenters. The Labute approximate surface area is 112 Å². The van der Waals surface area contributed by atoms with Gasteiger partial charge < -0.3 is 10.5 Å². The number of thiophene rings is 1. The molecule has 0 bridgehead atoms. The van der Waals surface area contributed by atoms with Crippen LogP contribution in [0.5, 0.6) is 0 Å². The highest BCUT2D eigenvalue weighted by Gasteiger charge is 2.48. The SMILES string of the molecule is CCOC(=O)C(F)(F)[C@H](N)c1sccc1Cl.Cl. The molecule has 0 amide bonds. The third-order valence-corrected chi connectivity index (χ3v) is 3.31. The Morgan fingerprint density at radius 3 is 2.71 bits per heavy atom. The normalized spacial score (nSPS) is 12.8. The topological polar surface area (TPSA) is 52.3 Å². The van der Waals surface area contributed by atoms with E-state index in [0.29, 0.717) is 0 Å². The van der Waals surface area contributed by atoms with Gasteiger partial charge in [0.15, 0.2) is 0 Å². The Morgan fingerprint density at radius 1 is 1.71 bits per heavy atom. The molecule has 1 heterocycles. The zero-order valence-corrected chi connectivity index (χ0v) is 11.2. The average Bonchev–Trinajstić information content (AvgIpc) is 2.63. The van der Waals surface area contributed by atoms with Crippen molar-refractivity contribution in [1.82, 2.24) is 0 Å². The van der Waals surface area contributed by atoms with E-state index in [1.807, 2.05) is 0 Å². The molecule has 98 valence electrons. The lowest BCUT2D eigenvalue weighted by Crippen LogP contribution is -2.41. The van der Waals surface area contributed by atoms with Crippen LogP contribution in [0.4, 0.5) is 8.78 Å². The van der Waals surface area contributed by atoms with Gasteiger partial charge in [0.25, 0.3) is 0 Å². The Morgan fingerprint density at radius 2 is 2.29 bits per heavy atom. The molecule has 1 atom stereocenters. The molecule has 0 saturated heterocycles. The van der Waals surface area contributed by atoms with Gasteiger partial charge in [-0.1, -0.05) is 11.6 Å². The van der Waals surface area contributed by atoms with E-state index in [-0.39, 0.29) is 28.9 Å². The van der Waals surface area contributed by atoms with Crippen LogP contribution < -0.4 is 5.73 Å². The van der Waals surface area contributed by atoms with Crippen molar-refractivity contribution in [2.24, 2.45) is 5.73 Å². The molecule has 0 spiro atoms. The van der Waals surface area contributed by atoms with Crippen molar-refractivity contribution in [3.05, 3.63) is 21.3 Å². The van der Waals surface area contributed by atoms with Gasteiger partial charge in [0, 0.05) is 4.88 Å². The van der Waals surface area contributed by atoms with E-state index in [1.54, 1.807) is 0 Å². The Hall–Kier alpha value is -0.430. The molecule has 0 aliphatic heterocycles. The van der Waals surface area contributed by atoms with Crippen molar-refractivity contribution in [3.63, 3.8) is 0 Å². The highest BCUT2D eigenvalue weighted by molar-refractivity contribution is 7.10. The van der Waals surface area contributed by atoms with Crippen LogP contribution in [0, 0.1) is 0 Å². The largest absolute Gasteiger partial charge is 0.462 e. The molecular weight excluding hydrogens is 295 g/mol. The van der Waals surface area contributed by atoms with Crippen LogP contribution in [-0.2, 0) is 9.53 Å². The first-order chi connectivity index (χ1) is 7.41. The fraction of sp³-hybridized carbons (Fsp3) is 0.444. The fourth-order valence-corrected chi connectivity index (χ4v) is 2.26. The Bertz CT molecular complexity index is 387. The lowest BCUT2D eigenvalue weighted by atomic mass is 10.1. The van der Waals surface area contributed by atoms with E-state index in [2.05, 4.69) is 4.74 Å². The molecule has 0 aromatic carbocycles. The number of carbonyl (C=O) groups excluding carboxylic acids is 1. The molecule has 3 nitrogen and oxygen atoms in total. The van der Waals surface area contributed by atoms with Crippen molar-refractivity contribution >= 4 is 41.3 Å². The fourth-order valence-electron chi connectivity index (χ4n) is 1.05. The third-order valence-electron chi connectivity index (χ3n) is 1.87. The van der Waals surface area contributed by atoms with E-state index in [0.717, 1.165) is 11.3 Å². The molecule has 1 rings (SSSR count). The highest BCUT2D eigenvalue weighted by atomic mass is 35.5. The molecule has 0 fully saturated rings. The Balaban J connectivity index is 0.00000256. The number of carbonyl (C=O) groups is 1. The van der Waals surface area contributed by atoms with Crippen molar-refractivity contribution < 1.29 is 18.3 Å². The maximum atomic E-state index is 13.5. The van der Waals surface area contributed by atoms with Crippen molar-refractivity contribution in [2.45, 2.75) is 18.9 Å². The number of ether oxygens (including phenoxy) is 1. The molecule has 1 aromatic rings.